The van der Waals surface area contributed by atoms with Gasteiger partial charge in [0.2, 0.25) is 11.8 Å². The van der Waals surface area contributed by atoms with Crippen LogP contribution in [-0.2, 0) is 16.1 Å². The Balaban J connectivity index is 1.84. The summed E-state index contributed by atoms with van der Waals surface area (Å²) in [5, 5.41) is 2.80. The predicted molar refractivity (Wildman–Crippen MR) is 85.5 cm³/mol. The lowest BCUT2D eigenvalue weighted by Gasteiger charge is -2.33. The lowest BCUT2D eigenvalue weighted by atomic mass is 9.95. The van der Waals surface area contributed by atoms with Gasteiger partial charge in [0.15, 0.2) is 0 Å². The maximum absolute atomic E-state index is 12.9. The van der Waals surface area contributed by atoms with Crippen molar-refractivity contribution in [3.05, 3.63) is 29.8 Å². The second kappa shape index (κ2) is 5.99. The Kier molecular flexibility index (Phi) is 4.05. The minimum atomic E-state index is -0.174. The van der Waals surface area contributed by atoms with Crippen LogP contribution in [0.3, 0.4) is 0 Å². The van der Waals surface area contributed by atoms with Gasteiger partial charge in [0, 0.05) is 50.7 Å². The topological polar surface area (TPSA) is 52.6 Å². The number of para-hydroxylation sites is 1. The number of carbonyl (C=O) groups excluding carboxylic acids is 2. The smallest absolute Gasteiger partial charge is 0.226 e. The van der Waals surface area contributed by atoms with Crippen molar-refractivity contribution in [3.63, 3.8) is 0 Å². The minimum absolute atomic E-state index is 0.00964. The molecule has 2 aliphatic rings. The molecule has 0 aromatic heterocycles. The van der Waals surface area contributed by atoms with Crippen LogP contribution in [0.1, 0.15) is 25.3 Å². The van der Waals surface area contributed by atoms with Crippen molar-refractivity contribution in [3.8, 4) is 0 Å². The van der Waals surface area contributed by atoms with Gasteiger partial charge in [-0.25, -0.2) is 0 Å². The van der Waals surface area contributed by atoms with Crippen LogP contribution in [0.4, 0.5) is 5.69 Å². The third-order valence-electron chi connectivity index (χ3n) is 4.69. The van der Waals surface area contributed by atoms with Gasteiger partial charge in [0.05, 0.1) is 0 Å². The Labute approximate surface area is 131 Å². The van der Waals surface area contributed by atoms with E-state index in [0.717, 1.165) is 13.0 Å². The molecule has 0 aliphatic carbocycles. The Morgan fingerprint density at radius 2 is 2.09 bits per heavy atom. The molecule has 5 nitrogen and oxygen atoms in total. The van der Waals surface area contributed by atoms with Crippen LogP contribution in [0.5, 0.6) is 0 Å². The monoisotopic (exact) mass is 301 g/mol. The largest absolute Gasteiger partial charge is 0.372 e. The highest BCUT2D eigenvalue weighted by atomic mass is 16.2. The molecule has 2 heterocycles. The van der Waals surface area contributed by atoms with E-state index in [1.807, 2.05) is 17.0 Å². The fraction of sp³-hybridized carbons (Fsp3) is 0.529. The summed E-state index contributed by atoms with van der Waals surface area (Å²) in [4.78, 5) is 28.6. The SMILES string of the molecule is C[C@H]1CN(C)c2ccccc2CN1C(=O)[C@@H]1CCNC(=O)C1. The van der Waals surface area contributed by atoms with E-state index in [-0.39, 0.29) is 23.8 Å². The number of hydrogen-bond acceptors (Lipinski definition) is 3. The molecular formula is C17H23N3O2. The third-order valence-corrected chi connectivity index (χ3v) is 4.69. The van der Waals surface area contributed by atoms with E-state index in [2.05, 4.69) is 36.3 Å². The summed E-state index contributed by atoms with van der Waals surface area (Å²) in [6, 6.07) is 8.36. The fourth-order valence-corrected chi connectivity index (χ4v) is 3.47. The lowest BCUT2D eigenvalue weighted by molar-refractivity contribution is -0.142. The van der Waals surface area contributed by atoms with E-state index in [1.54, 1.807) is 0 Å². The maximum Gasteiger partial charge on any atom is 0.226 e. The quantitative estimate of drug-likeness (QED) is 0.852. The molecule has 2 amide bonds. The first-order chi connectivity index (χ1) is 10.6. The Hall–Kier alpha value is -2.04. The number of fused-ring (bicyclic) bond motifs is 1. The molecule has 2 atom stereocenters. The number of piperidine rings is 1. The molecule has 0 radical (unpaired) electrons. The summed E-state index contributed by atoms with van der Waals surface area (Å²) in [5.74, 6) is -0.0659. The van der Waals surface area contributed by atoms with Gasteiger partial charge in [-0.15, -0.1) is 0 Å². The normalized spacial score (nSPS) is 25.3. The van der Waals surface area contributed by atoms with Crippen LogP contribution in [-0.4, -0.2) is 42.9 Å². The van der Waals surface area contributed by atoms with Crippen LogP contribution in [0.25, 0.3) is 0 Å². The number of benzene rings is 1. The summed E-state index contributed by atoms with van der Waals surface area (Å²) in [7, 11) is 2.07. The second-order valence-corrected chi connectivity index (χ2v) is 6.36. The van der Waals surface area contributed by atoms with Gasteiger partial charge in [-0.3, -0.25) is 9.59 Å². The van der Waals surface area contributed by atoms with E-state index in [9.17, 15) is 9.59 Å². The number of carbonyl (C=O) groups is 2. The average Bonchev–Trinajstić information content (AvgIpc) is 2.63. The van der Waals surface area contributed by atoms with Crippen LogP contribution in [0.15, 0.2) is 24.3 Å². The van der Waals surface area contributed by atoms with Gasteiger partial charge in [-0.2, -0.15) is 0 Å². The zero-order chi connectivity index (χ0) is 15.7. The molecule has 0 unspecified atom stereocenters. The maximum atomic E-state index is 12.9. The van der Waals surface area contributed by atoms with Crippen molar-refractivity contribution >= 4 is 17.5 Å². The number of likely N-dealkylation sites (N-methyl/N-ethyl adjacent to an activating group) is 1. The molecule has 1 aromatic carbocycles. The molecule has 1 fully saturated rings. The highest BCUT2D eigenvalue weighted by Crippen LogP contribution is 2.28. The van der Waals surface area contributed by atoms with Gasteiger partial charge >= 0.3 is 0 Å². The number of nitrogens with one attached hydrogen (secondary N) is 1. The van der Waals surface area contributed by atoms with Crippen molar-refractivity contribution < 1.29 is 9.59 Å². The molecule has 2 aliphatic heterocycles. The van der Waals surface area contributed by atoms with Gasteiger partial charge in [-0.1, -0.05) is 18.2 Å². The van der Waals surface area contributed by atoms with Crippen molar-refractivity contribution in [2.24, 2.45) is 5.92 Å². The molecule has 0 saturated carbocycles. The molecule has 0 spiro atoms. The Bertz CT molecular complexity index is 587. The van der Waals surface area contributed by atoms with Crippen LogP contribution in [0.2, 0.25) is 0 Å². The summed E-state index contributed by atoms with van der Waals surface area (Å²) in [6.07, 6.45) is 1.06. The summed E-state index contributed by atoms with van der Waals surface area (Å²) in [6.45, 7) is 4.12. The molecule has 1 aromatic rings. The molecule has 5 heteroatoms. The van der Waals surface area contributed by atoms with Crippen molar-refractivity contribution in [1.29, 1.82) is 0 Å². The molecule has 1 saturated heterocycles. The van der Waals surface area contributed by atoms with Crippen LogP contribution < -0.4 is 10.2 Å². The van der Waals surface area contributed by atoms with Gasteiger partial charge in [0.1, 0.15) is 0 Å². The molecule has 1 N–H and O–H groups in total. The average molecular weight is 301 g/mol. The molecule has 3 rings (SSSR count). The van der Waals surface area contributed by atoms with Crippen LogP contribution >= 0.6 is 0 Å². The predicted octanol–water partition coefficient (Wildman–Crippen LogP) is 1.38. The second-order valence-electron chi connectivity index (χ2n) is 6.36. The number of nitrogens with zero attached hydrogens (tertiary/aromatic N) is 2. The Morgan fingerprint density at radius 3 is 2.86 bits per heavy atom. The fourth-order valence-electron chi connectivity index (χ4n) is 3.47. The first kappa shape index (κ1) is 14.9. The summed E-state index contributed by atoms with van der Waals surface area (Å²) in [5.41, 5.74) is 2.36. The molecule has 118 valence electrons. The van der Waals surface area contributed by atoms with E-state index < -0.39 is 0 Å². The number of anilines is 1. The zero-order valence-electron chi connectivity index (χ0n) is 13.2. The van der Waals surface area contributed by atoms with E-state index in [1.165, 1.54) is 11.3 Å². The first-order valence-electron chi connectivity index (χ1n) is 7.92. The first-order valence-corrected chi connectivity index (χ1v) is 7.92. The molecule has 0 bridgehead atoms. The van der Waals surface area contributed by atoms with E-state index in [4.69, 9.17) is 0 Å². The summed E-state index contributed by atoms with van der Waals surface area (Å²) < 4.78 is 0. The number of rotatable bonds is 1. The highest BCUT2D eigenvalue weighted by Gasteiger charge is 2.33. The molecule has 22 heavy (non-hydrogen) atoms. The molecular weight excluding hydrogens is 278 g/mol. The Morgan fingerprint density at radius 1 is 1.32 bits per heavy atom. The highest BCUT2D eigenvalue weighted by molar-refractivity contribution is 5.87. The number of hydrogen-bond donors (Lipinski definition) is 1. The van der Waals surface area contributed by atoms with Crippen molar-refractivity contribution in [2.45, 2.75) is 32.4 Å². The minimum Gasteiger partial charge on any atom is -0.372 e. The van der Waals surface area contributed by atoms with Gasteiger partial charge in [-0.05, 0) is 25.0 Å². The summed E-state index contributed by atoms with van der Waals surface area (Å²) >= 11 is 0. The van der Waals surface area contributed by atoms with Crippen molar-refractivity contribution in [2.75, 3.05) is 25.0 Å². The number of amides is 2. The van der Waals surface area contributed by atoms with Crippen molar-refractivity contribution in [1.82, 2.24) is 10.2 Å². The van der Waals surface area contributed by atoms with Crippen LogP contribution in [0, 0.1) is 5.92 Å². The lowest BCUT2D eigenvalue weighted by Crippen LogP contribution is -2.47. The zero-order valence-corrected chi connectivity index (χ0v) is 13.2. The van der Waals surface area contributed by atoms with E-state index in [0.29, 0.717) is 19.5 Å². The standard InChI is InChI=1S/C17H23N3O2/c1-12-10-19(2)15-6-4-3-5-14(15)11-20(12)17(22)13-7-8-18-16(21)9-13/h3-6,12-13H,7-11H2,1-2H3,(H,18,21)/t12-,13+/m0/s1. The van der Waals surface area contributed by atoms with E-state index >= 15 is 0 Å². The third kappa shape index (κ3) is 2.80. The van der Waals surface area contributed by atoms with Gasteiger partial charge < -0.3 is 15.1 Å². The van der Waals surface area contributed by atoms with Gasteiger partial charge in [0.25, 0.3) is 0 Å².